The van der Waals surface area contributed by atoms with Gasteiger partial charge in [0.05, 0.1) is 11.6 Å². The van der Waals surface area contributed by atoms with Crippen molar-refractivity contribution in [2.75, 3.05) is 6.54 Å². The topological polar surface area (TPSA) is 66.8 Å². The van der Waals surface area contributed by atoms with E-state index in [1.54, 1.807) is 32.9 Å². The van der Waals surface area contributed by atoms with Crippen molar-refractivity contribution < 1.29 is 19.4 Å². The van der Waals surface area contributed by atoms with E-state index in [2.05, 4.69) is 20.8 Å². The maximum absolute atomic E-state index is 13.0. The second-order valence-electron chi connectivity index (χ2n) is 8.68. The molecule has 0 unspecified atom stereocenters. The number of benzene rings is 1. The highest BCUT2D eigenvalue weighted by Crippen LogP contribution is 2.31. The van der Waals surface area contributed by atoms with E-state index in [1.165, 1.54) is 4.90 Å². The van der Waals surface area contributed by atoms with E-state index in [9.17, 15) is 14.7 Å². The summed E-state index contributed by atoms with van der Waals surface area (Å²) < 4.78 is 5.42. The second-order valence-corrected chi connectivity index (χ2v) is 8.68. The molecule has 0 aliphatic carbocycles. The normalized spacial score (nSPS) is 18.3. The van der Waals surface area contributed by atoms with Gasteiger partial charge in [-0.2, -0.15) is 0 Å². The third kappa shape index (κ3) is 4.53. The molecular formula is C20H29NO4. The van der Waals surface area contributed by atoms with E-state index in [0.29, 0.717) is 13.0 Å². The molecule has 1 heterocycles. The van der Waals surface area contributed by atoms with Crippen LogP contribution >= 0.6 is 0 Å². The number of ether oxygens (including phenoxy) is 1. The van der Waals surface area contributed by atoms with Gasteiger partial charge in [0.15, 0.2) is 5.78 Å². The fourth-order valence-electron chi connectivity index (χ4n) is 2.96. The molecule has 1 aromatic carbocycles. The summed E-state index contributed by atoms with van der Waals surface area (Å²) in [7, 11) is 0. The van der Waals surface area contributed by atoms with Crippen molar-refractivity contribution in [1.29, 1.82) is 0 Å². The Morgan fingerprint density at radius 2 is 1.80 bits per heavy atom. The standard InChI is InChI=1S/C20H29NO4/c1-19(2,3)13-9-10-16(22)14(12-13)17(23)15-8-7-11-21(15)18(24)25-20(4,5)6/h9-10,12,15,22H,7-8,11H2,1-6H3/t15-/m0/s1. The third-order valence-corrected chi connectivity index (χ3v) is 4.31. The second kappa shape index (κ2) is 6.70. The molecule has 1 aliphatic heterocycles. The first-order valence-corrected chi connectivity index (χ1v) is 8.77. The largest absolute Gasteiger partial charge is 0.507 e. The Morgan fingerprint density at radius 3 is 2.36 bits per heavy atom. The Balaban J connectivity index is 2.29. The van der Waals surface area contributed by atoms with Crippen LogP contribution in [0.1, 0.15) is 70.3 Å². The summed E-state index contributed by atoms with van der Waals surface area (Å²) in [6.07, 6.45) is 0.849. The number of carbonyl (C=O) groups is 2. The lowest BCUT2D eigenvalue weighted by atomic mass is 9.85. The Hall–Kier alpha value is -2.04. The molecule has 0 spiro atoms. The van der Waals surface area contributed by atoms with E-state index in [-0.39, 0.29) is 22.5 Å². The van der Waals surface area contributed by atoms with Gasteiger partial charge in [-0.3, -0.25) is 9.69 Å². The van der Waals surface area contributed by atoms with Crippen molar-refractivity contribution >= 4 is 11.9 Å². The van der Waals surface area contributed by atoms with Crippen molar-refractivity contribution in [2.24, 2.45) is 0 Å². The van der Waals surface area contributed by atoms with Crippen LogP contribution in [0.3, 0.4) is 0 Å². The minimum atomic E-state index is -0.610. The highest BCUT2D eigenvalue weighted by molar-refractivity contribution is 6.04. The zero-order chi connectivity index (χ0) is 19.0. The summed E-state index contributed by atoms with van der Waals surface area (Å²) in [5, 5.41) is 10.2. The smallest absolute Gasteiger partial charge is 0.410 e. The quantitative estimate of drug-likeness (QED) is 0.811. The molecule has 1 N–H and O–H groups in total. The summed E-state index contributed by atoms with van der Waals surface area (Å²) >= 11 is 0. The minimum Gasteiger partial charge on any atom is -0.507 e. The van der Waals surface area contributed by atoms with Gasteiger partial charge in [-0.25, -0.2) is 4.79 Å². The van der Waals surface area contributed by atoms with E-state index >= 15 is 0 Å². The van der Waals surface area contributed by atoms with E-state index in [0.717, 1.165) is 12.0 Å². The molecule has 1 fully saturated rings. The molecule has 1 aliphatic rings. The van der Waals surface area contributed by atoms with E-state index in [1.807, 2.05) is 6.07 Å². The number of carbonyl (C=O) groups excluding carboxylic acids is 2. The molecular weight excluding hydrogens is 318 g/mol. The third-order valence-electron chi connectivity index (χ3n) is 4.31. The molecule has 1 amide bonds. The Labute approximate surface area is 150 Å². The van der Waals surface area contributed by atoms with Crippen molar-refractivity contribution in [3.05, 3.63) is 29.3 Å². The average molecular weight is 347 g/mol. The van der Waals surface area contributed by atoms with Gasteiger partial charge in [-0.05, 0) is 56.7 Å². The van der Waals surface area contributed by atoms with Crippen LogP contribution < -0.4 is 0 Å². The van der Waals surface area contributed by atoms with Gasteiger partial charge >= 0.3 is 6.09 Å². The van der Waals surface area contributed by atoms with E-state index < -0.39 is 17.7 Å². The molecule has 138 valence electrons. The maximum atomic E-state index is 13.0. The highest BCUT2D eigenvalue weighted by Gasteiger charge is 2.38. The molecule has 0 saturated carbocycles. The predicted molar refractivity (Wildman–Crippen MR) is 97.1 cm³/mol. The maximum Gasteiger partial charge on any atom is 0.410 e. The summed E-state index contributed by atoms with van der Waals surface area (Å²) in [4.78, 5) is 26.9. The number of phenols is 1. The number of likely N-dealkylation sites (tertiary alicyclic amines) is 1. The first-order chi connectivity index (χ1) is 11.4. The van der Waals surface area contributed by atoms with Gasteiger partial charge in [0.25, 0.3) is 0 Å². The molecule has 25 heavy (non-hydrogen) atoms. The molecule has 0 radical (unpaired) electrons. The number of rotatable bonds is 2. The van der Waals surface area contributed by atoms with Gasteiger partial charge in [-0.15, -0.1) is 0 Å². The molecule has 1 saturated heterocycles. The average Bonchev–Trinajstić information content (AvgIpc) is 2.93. The molecule has 1 aromatic rings. The highest BCUT2D eigenvalue weighted by atomic mass is 16.6. The van der Waals surface area contributed by atoms with E-state index in [4.69, 9.17) is 4.74 Å². The van der Waals surface area contributed by atoms with Crippen LogP contribution in [0.4, 0.5) is 4.79 Å². The molecule has 0 bridgehead atoms. The Kier molecular flexibility index (Phi) is 5.17. The number of hydrogen-bond donors (Lipinski definition) is 1. The van der Waals surface area contributed by atoms with Crippen LogP contribution in [-0.4, -0.2) is 40.1 Å². The summed E-state index contributed by atoms with van der Waals surface area (Å²) in [6.45, 7) is 12.1. The SMILES string of the molecule is CC(C)(C)OC(=O)N1CCC[C@H]1C(=O)c1cc(C(C)(C)C)ccc1O. The number of phenolic OH excluding ortho intramolecular Hbond substituents is 1. The van der Waals surface area contributed by atoms with Crippen LogP contribution in [0.5, 0.6) is 5.75 Å². The predicted octanol–water partition coefficient (Wildman–Crippen LogP) is 4.27. The number of ketones is 1. The molecule has 0 aromatic heterocycles. The monoisotopic (exact) mass is 347 g/mol. The fraction of sp³-hybridized carbons (Fsp3) is 0.600. The Morgan fingerprint density at radius 1 is 1.16 bits per heavy atom. The molecule has 5 heteroatoms. The van der Waals surface area contributed by atoms with Crippen molar-refractivity contribution in [3.8, 4) is 5.75 Å². The minimum absolute atomic E-state index is 0.0472. The first-order valence-electron chi connectivity index (χ1n) is 8.77. The molecule has 2 rings (SSSR count). The number of hydrogen-bond acceptors (Lipinski definition) is 4. The van der Waals surface area contributed by atoms with Crippen LogP contribution in [0.15, 0.2) is 18.2 Å². The van der Waals surface area contributed by atoms with Gasteiger partial charge in [0.2, 0.25) is 0 Å². The zero-order valence-electron chi connectivity index (χ0n) is 16.0. The summed E-state index contributed by atoms with van der Waals surface area (Å²) in [5.41, 5.74) is 0.494. The van der Waals surface area contributed by atoms with Crippen molar-refractivity contribution in [3.63, 3.8) is 0 Å². The van der Waals surface area contributed by atoms with Crippen LogP contribution in [-0.2, 0) is 10.2 Å². The van der Waals surface area contributed by atoms with Crippen LogP contribution in [0.25, 0.3) is 0 Å². The number of amides is 1. The Bertz CT molecular complexity index is 667. The van der Waals surface area contributed by atoms with Crippen LogP contribution in [0.2, 0.25) is 0 Å². The lowest BCUT2D eigenvalue weighted by Gasteiger charge is -2.28. The van der Waals surface area contributed by atoms with Crippen molar-refractivity contribution in [1.82, 2.24) is 4.90 Å². The summed E-state index contributed by atoms with van der Waals surface area (Å²) in [6, 6.07) is 4.53. The zero-order valence-corrected chi connectivity index (χ0v) is 16.0. The van der Waals surface area contributed by atoms with Gasteiger partial charge in [0, 0.05) is 6.54 Å². The van der Waals surface area contributed by atoms with Crippen molar-refractivity contribution in [2.45, 2.75) is 71.4 Å². The first kappa shape index (κ1) is 19.3. The number of aromatic hydroxyl groups is 1. The fourth-order valence-corrected chi connectivity index (χ4v) is 2.96. The lowest BCUT2D eigenvalue weighted by molar-refractivity contribution is 0.0222. The summed E-state index contributed by atoms with van der Waals surface area (Å²) in [5.74, 6) is -0.277. The molecule has 1 atom stereocenters. The van der Waals surface area contributed by atoms with Gasteiger partial charge < -0.3 is 9.84 Å². The lowest BCUT2D eigenvalue weighted by Crippen LogP contribution is -2.43. The molecule has 5 nitrogen and oxygen atoms in total. The number of nitrogens with zero attached hydrogens (tertiary/aromatic N) is 1. The van der Waals surface area contributed by atoms with Crippen LogP contribution in [0, 0.1) is 0 Å². The van der Waals surface area contributed by atoms with Gasteiger partial charge in [-0.1, -0.05) is 26.8 Å². The van der Waals surface area contributed by atoms with Gasteiger partial charge in [0.1, 0.15) is 11.4 Å². The number of Topliss-reactive ketones (excluding diaryl/α,β-unsaturated/α-hetero) is 1.